The Kier molecular flexibility index (Phi) is 11.9. The van der Waals surface area contributed by atoms with Gasteiger partial charge in [-0.1, -0.05) is 24.3 Å². The first kappa shape index (κ1) is 22.2. The summed E-state index contributed by atoms with van der Waals surface area (Å²) in [6.45, 7) is 6.75. The van der Waals surface area contributed by atoms with Crippen molar-refractivity contribution in [3.8, 4) is 0 Å². The lowest BCUT2D eigenvalue weighted by atomic mass is 10.1. The van der Waals surface area contributed by atoms with Crippen LogP contribution in [0.3, 0.4) is 0 Å². The molecule has 0 spiro atoms. The second-order valence-corrected chi connectivity index (χ2v) is 6.13. The minimum Gasteiger partial charge on any atom is -0.381 e. The number of ether oxygens (including phenoxy) is 2. The standard InChI is InChI=1S/C19H31N3O2.HI/c1-3-23-15-18-8-5-4-7-17(18)13-22-19(20-2)21-11-6-12-24-14-16-9-10-16;/h4-5,7-8,16H,3,6,9-15H2,1-2H3,(H2,20,21,22);1H. The van der Waals surface area contributed by atoms with Crippen LogP contribution in [-0.2, 0) is 22.6 Å². The third-order valence-electron chi connectivity index (χ3n) is 4.06. The van der Waals surface area contributed by atoms with Crippen molar-refractivity contribution in [3.05, 3.63) is 35.4 Å². The summed E-state index contributed by atoms with van der Waals surface area (Å²) in [6, 6.07) is 8.34. The molecule has 1 fully saturated rings. The fourth-order valence-corrected chi connectivity index (χ4v) is 2.40. The van der Waals surface area contributed by atoms with E-state index in [4.69, 9.17) is 9.47 Å². The van der Waals surface area contributed by atoms with E-state index in [-0.39, 0.29) is 24.0 Å². The Balaban J connectivity index is 0.00000312. The zero-order chi connectivity index (χ0) is 17.0. The summed E-state index contributed by atoms with van der Waals surface area (Å²) in [7, 11) is 1.80. The van der Waals surface area contributed by atoms with Gasteiger partial charge < -0.3 is 20.1 Å². The van der Waals surface area contributed by atoms with Crippen LogP contribution in [0.5, 0.6) is 0 Å². The number of hydrogen-bond donors (Lipinski definition) is 2. The van der Waals surface area contributed by atoms with Gasteiger partial charge in [-0.3, -0.25) is 4.99 Å². The summed E-state index contributed by atoms with van der Waals surface area (Å²) >= 11 is 0. The summed E-state index contributed by atoms with van der Waals surface area (Å²) in [4.78, 5) is 4.27. The van der Waals surface area contributed by atoms with Gasteiger partial charge in [0, 0.05) is 40.0 Å². The van der Waals surface area contributed by atoms with E-state index >= 15 is 0 Å². The third kappa shape index (κ3) is 9.42. The fourth-order valence-electron chi connectivity index (χ4n) is 2.40. The third-order valence-corrected chi connectivity index (χ3v) is 4.06. The first-order chi connectivity index (χ1) is 11.8. The normalized spacial score (nSPS) is 14.1. The van der Waals surface area contributed by atoms with Gasteiger partial charge in [0.1, 0.15) is 0 Å². The maximum absolute atomic E-state index is 5.64. The maximum Gasteiger partial charge on any atom is 0.191 e. The predicted molar refractivity (Wildman–Crippen MR) is 114 cm³/mol. The molecule has 5 nitrogen and oxygen atoms in total. The van der Waals surface area contributed by atoms with Crippen molar-refractivity contribution in [1.82, 2.24) is 10.6 Å². The van der Waals surface area contributed by atoms with Gasteiger partial charge in [0.05, 0.1) is 6.61 Å². The highest BCUT2D eigenvalue weighted by Crippen LogP contribution is 2.28. The highest BCUT2D eigenvalue weighted by atomic mass is 127. The fraction of sp³-hybridized carbons (Fsp3) is 0.632. The van der Waals surface area contributed by atoms with Crippen LogP contribution < -0.4 is 10.6 Å². The Morgan fingerprint density at radius 3 is 2.60 bits per heavy atom. The summed E-state index contributed by atoms with van der Waals surface area (Å²) in [5.41, 5.74) is 2.46. The van der Waals surface area contributed by atoms with Gasteiger partial charge in [-0.25, -0.2) is 0 Å². The van der Waals surface area contributed by atoms with E-state index in [2.05, 4.69) is 33.8 Å². The number of rotatable bonds is 11. The van der Waals surface area contributed by atoms with Crippen LogP contribution in [0.4, 0.5) is 0 Å². The molecule has 0 aromatic heterocycles. The lowest BCUT2D eigenvalue weighted by Gasteiger charge is -2.14. The Morgan fingerprint density at radius 2 is 1.92 bits per heavy atom. The van der Waals surface area contributed by atoms with Crippen LogP contribution >= 0.6 is 24.0 Å². The number of guanidine groups is 1. The summed E-state index contributed by atoms with van der Waals surface area (Å²) < 4.78 is 11.2. The van der Waals surface area contributed by atoms with E-state index in [0.29, 0.717) is 6.61 Å². The van der Waals surface area contributed by atoms with Gasteiger partial charge in [-0.2, -0.15) is 0 Å². The number of aliphatic imine (C=N–C) groups is 1. The molecule has 0 unspecified atom stereocenters. The van der Waals surface area contributed by atoms with Crippen molar-refractivity contribution < 1.29 is 9.47 Å². The Labute approximate surface area is 169 Å². The van der Waals surface area contributed by atoms with Gasteiger partial charge in [0.2, 0.25) is 0 Å². The van der Waals surface area contributed by atoms with Crippen LogP contribution in [0.15, 0.2) is 29.3 Å². The molecule has 1 aromatic rings. The van der Waals surface area contributed by atoms with E-state index in [1.807, 2.05) is 13.0 Å². The smallest absolute Gasteiger partial charge is 0.191 e. The molecule has 0 radical (unpaired) electrons. The second kappa shape index (κ2) is 13.4. The van der Waals surface area contributed by atoms with Gasteiger partial charge >= 0.3 is 0 Å². The number of hydrogen-bond acceptors (Lipinski definition) is 3. The van der Waals surface area contributed by atoms with Crippen LogP contribution in [0.2, 0.25) is 0 Å². The van der Waals surface area contributed by atoms with E-state index in [0.717, 1.165) is 51.2 Å². The summed E-state index contributed by atoms with van der Waals surface area (Å²) in [5.74, 6) is 1.66. The molecule has 25 heavy (non-hydrogen) atoms. The van der Waals surface area contributed by atoms with Crippen molar-refractivity contribution in [1.29, 1.82) is 0 Å². The van der Waals surface area contributed by atoms with Crippen molar-refractivity contribution in [2.45, 2.75) is 39.3 Å². The van der Waals surface area contributed by atoms with Crippen LogP contribution in [0.1, 0.15) is 37.3 Å². The zero-order valence-corrected chi connectivity index (χ0v) is 17.8. The van der Waals surface area contributed by atoms with E-state index < -0.39 is 0 Å². The molecule has 1 saturated carbocycles. The second-order valence-electron chi connectivity index (χ2n) is 6.13. The van der Waals surface area contributed by atoms with Gasteiger partial charge in [-0.05, 0) is 43.2 Å². The Hall–Kier alpha value is -0.860. The highest BCUT2D eigenvalue weighted by Gasteiger charge is 2.20. The Morgan fingerprint density at radius 1 is 1.16 bits per heavy atom. The number of nitrogens with zero attached hydrogens (tertiary/aromatic N) is 1. The topological polar surface area (TPSA) is 54.9 Å². The number of benzene rings is 1. The molecule has 1 aliphatic carbocycles. The molecular weight excluding hydrogens is 429 g/mol. The van der Waals surface area contributed by atoms with Crippen molar-refractivity contribution in [2.24, 2.45) is 10.9 Å². The minimum atomic E-state index is 0. The van der Waals surface area contributed by atoms with E-state index in [9.17, 15) is 0 Å². The molecule has 6 heteroatoms. The van der Waals surface area contributed by atoms with Crippen molar-refractivity contribution >= 4 is 29.9 Å². The molecule has 2 N–H and O–H groups in total. The average Bonchev–Trinajstić information content (AvgIpc) is 3.43. The molecule has 0 amide bonds. The quantitative estimate of drug-likeness (QED) is 0.230. The van der Waals surface area contributed by atoms with Crippen LogP contribution in [0, 0.1) is 5.92 Å². The minimum absolute atomic E-state index is 0. The molecule has 0 atom stereocenters. The first-order valence-corrected chi connectivity index (χ1v) is 9.00. The van der Waals surface area contributed by atoms with Crippen molar-refractivity contribution in [2.75, 3.05) is 33.4 Å². The molecule has 0 heterocycles. The summed E-state index contributed by atoms with van der Waals surface area (Å²) in [5, 5.41) is 6.70. The lowest BCUT2D eigenvalue weighted by molar-refractivity contribution is 0.123. The molecular formula is C19H32IN3O2. The molecule has 2 rings (SSSR count). The van der Waals surface area contributed by atoms with Crippen LogP contribution in [-0.4, -0.2) is 39.4 Å². The van der Waals surface area contributed by atoms with E-state index in [1.165, 1.54) is 24.0 Å². The monoisotopic (exact) mass is 461 g/mol. The first-order valence-electron chi connectivity index (χ1n) is 9.00. The lowest BCUT2D eigenvalue weighted by Crippen LogP contribution is -2.37. The maximum atomic E-state index is 5.64. The van der Waals surface area contributed by atoms with Gasteiger partial charge in [-0.15, -0.1) is 24.0 Å². The number of halogens is 1. The Bertz CT molecular complexity index is 507. The average molecular weight is 461 g/mol. The summed E-state index contributed by atoms with van der Waals surface area (Å²) in [6.07, 6.45) is 3.69. The predicted octanol–water partition coefficient (Wildman–Crippen LogP) is 3.32. The zero-order valence-electron chi connectivity index (χ0n) is 15.4. The number of nitrogens with one attached hydrogen (secondary N) is 2. The highest BCUT2D eigenvalue weighted by molar-refractivity contribution is 14.0. The molecule has 142 valence electrons. The van der Waals surface area contributed by atoms with Gasteiger partial charge in [0.25, 0.3) is 0 Å². The van der Waals surface area contributed by atoms with Crippen molar-refractivity contribution in [3.63, 3.8) is 0 Å². The van der Waals surface area contributed by atoms with Crippen LogP contribution in [0.25, 0.3) is 0 Å². The molecule has 0 bridgehead atoms. The van der Waals surface area contributed by atoms with Gasteiger partial charge in [0.15, 0.2) is 5.96 Å². The van der Waals surface area contributed by atoms with E-state index in [1.54, 1.807) is 7.05 Å². The molecule has 1 aliphatic rings. The molecule has 0 saturated heterocycles. The largest absolute Gasteiger partial charge is 0.381 e. The molecule has 1 aromatic carbocycles. The molecule has 0 aliphatic heterocycles. The SMILES string of the molecule is CCOCc1ccccc1CNC(=NC)NCCCOCC1CC1.I.